The monoisotopic (exact) mass is 386 g/mol. The van der Waals surface area contributed by atoms with Gasteiger partial charge in [-0.3, -0.25) is 4.79 Å². The van der Waals surface area contributed by atoms with Crippen molar-refractivity contribution in [3.05, 3.63) is 42.5 Å². The number of para-hydroxylation sites is 1. The molecule has 2 saturated heterocycles. The molecular weight excluding hydrogens is 356 g/mol. The van der Waals surface area contributed by atoms with Crippen LogP contribution < -0.4 is 10.6 Å². The molecule has 4 unspecified atom stereocenters. The fourth-order valence-electron chi connectivity index (χ4n) is 4.39. The van der Waals surface area contributed by atoms with Crippen LogP contribution in [0.25, 0.3) is 0 Å². The van der Waals surface area contributed by atoms with Crippen LogP contribution in [0.1, 0.15) is 44.9 Å². The summed E-state index contributed by atoms with van der Waals surface area (Å²) in [6.07, 6.45) is 10.8. The van der Waals surface area contributed by atoms with Gasteiger partial charge in [-0.1, -0.05) is 30.4 Å². The molecule has 2 heterocycles. The Labute approximate surface area is 166 Å². The van der Waals surface area contributed by atoms with Crippen LogP contribution in [0.2, 0.25) is 0 Å². The van der Waals surface area contributed by atoms with E-state index in [1.54, 1.807) is 0 Å². The third-order valence-electron chi connectivity index (χ3n) is 5.72. The molecule has 2 aliphatic rings. The van der Waals surface area contributed by atoms with E-state index in [2.05, 4.69) is 22.8 Å². The van der Waals surface area contributed by atoms with E-state index in [9.17, 15) is 9.59 Å². The molecule has 2 amide bonds. The number of amides is 2. The van der Waals surface area contributed by atoms with Crippen LogP contribution in [0.4, 0.5) is 10.5 Å². The number of urea groups is 1. The lowest BCUT2D eigenvalue weighted by Gasteiger charge is -2.27. The topological polar surface area (TPSA) is 87.7 Å². The highest BCUT2D eigenvalue weighted by Crippen LogP contribution is 2.46. The van der Waals surface area contributed by atoms with E-state index in [0.29, 0.717) is 37.0 Å². The summed E-state index contributed by atoms with van der Waals surface area (Å²) in [7, 11) is 0. The van der Waals surface area contributed by atoms with Crippen LogP contribution in [0.15, 0.2) is 42.5 Å². The predicted octanol–water partition coefficient (Wildman–Crippen LogP) is 4.19. The van der Waals surface area contributed by atoms with Crippen molar-refractivity contribution in [2.24, 2.45) is 11.8 Å². The minimum Gasteiger partial charge on any atom is -0.481 e. The number of carboxylic acids is 1. The lowest BCUT2D eigenvalue weighted by Crippen LogP contribution is -2.34. The van der Waals surface area contributed by atoms with Crippen molar-refractivity contribution in [1.82, 2.24) is 5.32 Å². The first-order valence-corrected chi connectivity index (χ1v) is 10.3. The van der Waals surface area contributed by atoms with E-state index in [4.69, 9.17) is 9.84 Å². The highest BCUT2D eigenvalue weighted by atomic mass is 16.5. The normalized spacial score (nSPS) is 25.9. The second-order valence-electron chi connectivity index (χ2n) is 7.65. The summed E-state index contributed by atoms with van der Waals surface area (Å²) in [5.74, 6) is 0.228. The van der Waals surface area contributed by atoms with Crippen LogP contribution in [0, 0.1) is 11.8 Å². The Morgan fingerprint density at radius 1 is 1.11 bits per heavy atom. The predicted molar refractivity (Wildman–Crippen MR) is 108 cm³/mol. The summed E-state index contributed by atoms with van der Waals surface area (Å²) in [5.41, 5.74) is 0.786. The number of aliphatic carboxylic acids is 1. The van der Waals surface area contributed by atoms with Gasteiger partial charge in [0.1, 0.15) is 0 Å². The Morgan fingerprint density at radius 3 is 2.61 bits per heavy atom. The second-order valence-corrected chi connectivity index (χ2v) is 7.65. The van der Waals surface area contributed by atoms with E-state index in [0.717, 1.165) is 37.8 Å². The number of hydrogen-bond donors (Lipinski definition) is 3. The molecule has 0 saturated carbocycles. The third-order valence-corrected chi connectivity index (χ3v) is 5.72. The smallest absolute Gasteiger partial charge is 0.319 e. The fraction of sp³-hybridized carbons (Fsp3) is 0.545. The third kappa shape index (κ3) is 5.83. The molecule has 3 rings (SSSR count). The first-order chi connectivity index (χ1) is 13.6. The number of anilines is 1. The van der Waals surface area contributed by atoms with Crippen LogP contribution >= 0.6 is 0 Å². The van der Waals surface area contributed by atoms with Gasteiger partial charge in [0.2, 0.25) is 0 Å². The summed E-state index contributed by atoms with van der Waals surface area (Å²) in [6, 6.07) is 9.25. The Balaban J connectivity index is 1.40. The van der Waals surface area contributed by atoms with Crippen molar-refractivity contribution in [2.45, 2.75) is 57.2 Å². The van der Waals surface area contributed by atoms with Crippen molar-refractivity contribution >= 4 is 17.7 Å². The summed E-state index contributed by atoms with van der Waals surface area (Å²) in [4.78, 5) is 22.6. The van der Waals surface area contributed by atoms with Gasteiger partial charge >= 0.3 is 12.0 Å². The first-order valence-electron chi connectivity index (χ1n) is 10.3. The van der Waals surface area contributed by atoms with Crippen LogP contribution in [0.5, 0.6) is 0 Å². The number of carbonyl (C=O) groups is 2. The van der Waals surface area contributed by atoms with E-state index in [1.165, 1.54) is 0 Å². The van der Waals surface area contributed by atoms with E-state index < -0.39 is 5.97 Å². The maximum absolute atomic E-state index is 12.0. The van der Waals surface area contributed by atoms with Gasteiger partial charge in [0.05, 0.1) is 12.2 Å². The molecular formula is C22H30N2O4. The molecule has 1 aromatic carbocycles. The molecule has 152 valence electrons. The average Bonchev–Trinajstić information content (AvgIpc) is 3.27. The van der Waals surface area contributed by atoms with E-state index >= 15 is 0 Å². The summed E-state index contributed by atoms with van der Waals surface area (Å²) >= 11 is 0. The number of hydrogen-bond acceptors (Lipinski definition) is 3. The zero-order valence-electron chi connectivity index (χ0n) is 16.2. The summed E-state index contributed by atoms with van der Waals surface area (Å²) in [6.45, 7) is 0.634. The number of ether oxygens (including phenoxy) is 1. The van der Waals surface area contributed by atoms with Crippen LogP contribution in [0.3, 0.4) is 0 Å². The molecule has 2 fully saturated rings. The standard InChI is InChI=1S/C22H30N2O4/c25-21(26)11-7-2-1-6-10-17-18(20-13-12-19(17)28-20)14-15-23-22(27)24-16-8-4-3-5-9-16/h1,3-6,8-9,17-20H,2,7,10-15H2,(H,25,26)(H2,23,24,27)/b6-1+. The van der Waals surface area contributed by atoms with Crippen molar-refractivity contribution < 1.29 is 19.4 Å². The van der Waals surface area contributed by atoms with Gasteiger partial charge in [-0.05, 0) is 62.5 Å². The molecule has 1 aromatic rings. The van der Waals surface area contributed by atoms with E-state index in [-0.39, 0.29) is 12.5 Å². The number of nitrogens with one attached hydrogen (secondary N) is 2. The van der Waals surface area contributed by atoms with Gasteiger partial charge in [0.15, 0.2) is 0 Å². The quantitative estimate of drug-likeness (QED) is 0.415. The lowest BCUT2D eigenvalue weighted by atomic mass is 9.76. The molecule has 6 heteroatoms. The zero-order chi connectivity index (χ0) is 19.8. The van der Waals surface area contributed by atoms with Gasteiger partial charge in [-0.25, -0.2) is 4.79 Å². The fourth-order valence-corrected chi connectivity index (χ4v) is 4.39. The number of fused-ring (bicyclic) bond motifs is 2. The molecule has 0 aliphatic carbocycles. The molecule has 2 bridgehead atoms. The Hall–Kier alpha value is -2.34. The van der Waals surface area contributed by atoms with Crippen LogP contribution in [-0.4, -0.2) is 35.9 Å². The Kier molecular flexibility index (Phi) is 7.48. The number of carbonyl (C=O) groups excluding carboxylic acids is 1. The van der Waals surface area contributed by atoms with Gasteiger partial charge in [-0.2, -0.15) is 0 Å². The molecule has 6 nitrogen and oxygen atoms in total. The highest BCUT2D eigenvalue weighted by molar-refractivity contribution is 5.89. The largest absolute Gasteiger partial charge is 0.481 e. The Morgan fingerprint density at radius 2 is 1.86 bits per heavy atom. The molecule has 0 spiro atoms. The maximum atomic E-state index is 12.0. The van der Waals surface area contributed by atoms with Gasteiger partial charge < -0.3 is 20.5 Å². The second kappa shape index (κ2) is 10.3. The molecule has 3 N–H and O–H groups in total. The maximum Gasteiger partial charge on any atom is 0.319 e. The van der Waals surface area contributed by atoms with E-state index in [1.807, 2.05) is 30.3 Å². The van der Waals surface area contributed by atoms with Crippen molar-refractivity contribution in [3.63, 3.8) is 0 Å². The lowest BCUT2D eigenvalue weighted by molar-refractivity contribution is -0.137. The number of allylic oxidation sites excluding steroid dienone is 2. The van der Waals surface area contributed by atoms with Crippen molar-refractivity contribution in [2.75, 3.05) is 11.9 Å². The number of carboxylic acid groups (broad SMARTS) is 1. The SMILES string of the molecule is O=C(O)CCC/C=C/CC1C2CCC(O2)C1CCNC(=O)Nc1ccccc1. The summed E-state index contributed by atoms with van der Waals surface area (Å²) in [5, 5.41) is 14.5. The molecule has 4 atom stereocenters. The average molecular weight is 386 g/mol. The first kappa shape index (κ1) is 20.4. The molecule has 0 radical (unpaired) electrons. The van der Waals surface area contributed by atoms with Crippen molar-refractivity contribution in [3.8, 4) is 0 Å². The Bertz CT molecular complexity index is 676. The minimum atomic E-state index is -0.737. The molecule has 28 heavy (non-hydrogen) atoms. The zero-order valence-corrected chi connectivity index (χ0v) is 16.2. The number of unbranched alkanes of at least 4 members (excludes halogenated alkanes) is 1. The van der Waals surface area contributed by atoms with Crippen LogP contribution in [-0.2, 0) is 9.53 Å². The van der Waals surface area contributed by atoms with Gasteiger partial charge in [-0.15, -0.1) is 0 Å². The summed E-state index contributed by atoms with van der Waals surface area (Å²) < 4.78 is 6.12. The number of benzene rings is 1. The van der Waals surface area contributed by atoms with Crippen molar-refractivity contribution in [1.29, 1.82) is 0 Å². The minimum absolute atomic E-state index is 0.176. The molecule has 2 aliphatic heterocycles. The van der Waals surface area contributed by atoms with Gasteiger partial charge in [0.25, 0.3) is 0 Å². The molecule has 0 aromatic heterocycles. The highest BCUT2D eigenvalue weighted by Gasteiger charge is 2.47. The number of rotatable bonds is 10. The van der Waals surface area contributed by atoms with Gasteiger partial charge in [0, 0.05) is 18.7 Å².